The second-order valence-corrected chi connectivity index (χ2v) is 16.7. The molecule has 0 fully saturated rings. The van der Waals surface area contributed by atoms with Gasteiger partial charge in [0.15, 0.2) is 0 Å². The fourth-order valence-electron chi connectivity index (χ4n) is 11.0. The van der Waals surface area contributed by atoms with E-state index in [1.54, 1.807) is 0 Å². The smallest absolute Gasteiger partial charge is 0.142 e. The van der Waals surface area contributed by atoms with Crippen LogP contribution in [-0.4, -0.2) is 0 Å². The Kier molecular flexibility index (Phi) is 7.38. The molecule has 1 heterocycles. The zero-order chi connectivity index (χ0) is 40.1. The predicted octanol–water partition coefficient (Wildman–Crippen LogP) is 15.4. The summed E-state index contributed by atoms with van der Waals surface area (Å²) in [6, 6.07) is 76.1. The standard InChI is InChI=1S/C59H39NO/c1-3-15-38(16-4-1)40-27-30-42(31-28-40)60(56-37-51-49-33-29-41(39-17-5-2-6-18-39)35-57(49)61-58(51)50-23-8-7-22-48(50)56)43-32-34-47-46-21-11-14-26-54(46)59(55(47)36-43)52-24-12-9-19-44(52)45-20-10-13-25-53(45)59/h1-34,36-37,41H,35H2. The van der Waals surface area contributed by atoms with E-state index in [1.165, 1.54) is 66.8 Å². The molecule has 0 amide bonds. The van der Waals surface area contributed by atoms with Crippen LogP contribution in [0.3, 0.4) is 0 Å². The van der Waals surface area contributed by atoms with Gasteiger partial charge in [-0.3, -0.25) is 0 Å². The first-order chi connectivity index (χ1) is 30.3. The van der Waals surface area contributed by atoms with Gasteiger partial charge < -0.3 is 9.32 Å². The summed E-state index contributed by atoms with van der Waals surface area (Å²) >= 11 is 0. The van der Waals surface area contributed by atoms with E-state index in [4.69, 9.17) is 4.42 Å². The van der Waals surface area contributed by atoms with Gasteiger partial charge in [-0.15, -0.1) is 0 Å². The van der Waals surface area contributed by atoms with E-state index in [1.807, 2.05) is 0 Å². The molecule has 2 nitrogen and oxygen atoms in total. The third-order valence-corrected chi connectivity index (χ3v) is 13.6. The summed E-state index contributed by atoms with van der Waals surface area (Å²) in [6.45, 7) is 0. The van der Waals surface area contributed by atoms with Crippen LogP contribution in [-0.2, 0) is 11.8 Å². The Balaban J connectivity index is 1.06. The van der Waals surface area contributed by atoms with Crippen LogP contribution in [0.15, 0.2) is 217 Å². The first kappa shape index (κ1) is 34.2. The molecule has 13 rings (SSSR count). The predicted molar refractivity (Wildman–Crippen MR) is 252 cm³/mol. The number of fused-ring (bicyclic) bond motifs is 15. The second-order valence-electron chi connectivity index (χ2n) is 16.7. The van der Waals surface area contributed by atoms with E-state index >= 15 is 0 Å². The lowest BCUT2D eigenvalue weighted by Crippen LogP contribution is -2.26. The molecule has 1 unspecified atom stereocenters. The van der Waals surface area contributed by atoms with E-state index in [2.05, 4.69) is 223 Å². The van der Waals surface area contributed by atoms with E-state index < -0.39 is 5.41 Å². The minimum atomic E-state index is -0.451. The molecule has 3 aliphatic rings. The Morgan fingerprint density at radius 1 is 0.443 bits per heavy atom. The van der Waals surface area contributed by atoms with Gasteiger partial charge in [0.1, 0.15) is 11.3 Å². The Labute approximate surface area is 355 Å². The van der Waals surface area contributed by atoms with Crippen LogP contribution in [0.5, 0.6) is 0 Å². The molecule has 0 radical (unpaired) electrons. The molecule has 0 aliphatic heterocycles. The van der Waals surface area contributed by atoms with Gasteiger partial charge in [-0.1, -0.05) is 188 Å². The summed E-state index contributed by atoms with van der Waals surface area (Å²) in [7, 11) is 0. The lowest BCUT2D eigenvalue weighted by molar-refractivity contribution is 0.535. The SMILES string of the molecule is C1=CC(c2ccccc2)Cc2oc3c(cc(N(c4ccc(-c5ccccc5)cc4)c4ccc5c(c4)C4(c6ccccc6-c6ccccc64)c4ccccc4-5)c4ccccc43)c21. The van der Waals surface area contributed by atoms with Gasteiger partial charge >= 0.3 is 0 Å². The fraction of sp³-hybridized carbons (Fsp3) is 0.0508. The monoisotopic (exact) mass is 777 g/mol. The Bertz CT molecular complexity index is 3330. The second kappa shape index (κ2) is 13.2. The summed E-state index contributed by atoms with van der Waals surface area (Å²) < 4.78 is 6.92. The molecule has 1 aromatic heterocycles. The van der Waals surface area contributed by atoms with E-state index in [-0.39, 0.29) is 5.92 Å². The maximum Gasteiger partial charge on any atom is 0.142 e. The molecular formula is C59H39NO. The van der Waals surface area contributed by atoms with Gasteiger partial charge in [0.05, 0.1) is 11.1 Å². The summed E-state index contributed by atoms with van der Waals surface area (Å²) in [5.41, 5.74) is 19.2. The zero-order valence-electron chi connectivity index (χ0n) is 33.4. The molecule has 286 valence electrons. The minimum absolute atomic E-state index is 0.272. The highest BCUT2D eigenvalue weighted by Gasteiger charge is 2.51. The van der Waals surface area contributed by atoms with Crippen LogP contribution < -0.4 is 4.90 Å². The number of nitrogens with zero attached hydrogens (tertiary/aromatic N) is 1. The molecule has 1 atom stereocenters. The summed E-state index contributed by atoms with van der Waals surface area (Å²) in [4.78, 5) is 2.49. The molecule has 1 spiro atoms. The van der Waals surface area contributed by atoms with Crippen molar-refractivity contribution in [3.63, 3.8) is 0 Å². The number of hydrogen-bond acceptors (Lipinski definition) is 2. The Morgan fingerprint density at radius 3 is 1.66 bits per heavy atom. The molecular weight excluding hydrogens is 739 g/mol. The number of furan rings is 1. The number of rotatable bonds is 5. The van der Waals surface area contributed by atoms with Gasteiger partial charge in [0.25, 0.3) is 0 Å². The van der Waals surface area contributed by atoms with Crippen molar-refractivity contribution in [3.05, 3.63) is 251 Å². The average molecular weight is 778 g/mol. The van der Waals surface area contributed by atoms with Gasteiger partial charge in [-0.05, 0) is 91.5 Å². The van der Waals surface area contributed by atoms with Crippen molar-refractivity contribution in [2.45, 2.75) is 17.8 Å². The van der Waals surface area contributed by atoms with Crippen molar-refractivity contribution < 1.29 is 4.42 Å². The van der Waals surface area contributed by atoms with E-state index in [0.717, 1.165) is 51.0 Å². The minimum Gasteiger partial charge on any atom is -0.460 e. The molecule has 0 N–H and O–H groups in total. The van der Waals surface area contributed by atoms with Gasteiger partial charge in [0.2, 0.25) is 0 Å². The highest BCUT2D eigenvalue weighted by atomic mass is 16.3. The molecule has 3 aliphatic carbocycles. The molecule has 2 heteroatoms. The van der Waals surface area contributed by atoms with Gasteiger partial charge in [-0.2, -0.15) is 0 Å². The van der Waals surface area contributed by atoms with Gasteiger partial charge in [-0.25, -0.2) is 0 Å². The van der Waals surface area contributed by atoms with Crippen molar-refractivity contribution in [2.24, 2.45) is 0 Å². The van der Waals surface area contributed by atoms with Crippen molar-refractivity contribution in [1.82, 2.24) is 0 Å². The molecule has 9 aromatic carbocycles. The van der Waals surface area contributed by atoms with Gasteiger partial charge in [0, 0.05) is 45.4 Å². The summed E-state index contributed by atoms with van der Waals surface area (Å²) in [6.07, 6.45) is 5.48. The van der Waals surface area contributed by atoms with Crippen molar-refractivity contribution in [1.29, 1.82) is 0 Å². The lowest BCUT2D eigenvalue weighted by Gasteiger charge is -2.32. The normalized spacial score (nSPS) is 15.0. The Hall–Kier alpha value is -7.68. The zero-order valence-corrected chi connectivity index (χ0v) is 33.4. The fourth-order valence-corrected chi connectivity index (χ4v) is 11.0. The molecule has 0 bridgehead atoms. The topological polar surface area (TPSA) is 16.4 Å². The first-order valence-corrected chi connectivity index (χ1v) is 21.4. The molecule has 10 aromatic rings. The van der Waals surface area contributed by atoms with Crippen molar-refractivity contribution in [3.8, 4) is 33.4 Å². The third-order valence-electron chi connectivity index (χ3n) is 13.6. The van der Waals surface area contributed by atoms with Crippen LogP contribution in [0.4, 0.5) is 17.1 Å². The number of anilines is 3. The number of hydrogen-bond donors (Lipinski definition) is 0. The van der Waals surface area contributed by atoms with Crippen molar-refractivity contribution in [2.75, 3.05) is 4.90 Å². The average Bonchev–Trinajstić information content (AvgIpc) is 3.96. The maximum atomic E-state index is 6.92. The lowest BCUT2D eigenvalue weighted by atomic mass is 9.70. The van der Waals surface area contributed by atoms with E-state index in [9.17, 15) is 0 Å². The molecule has 0 saturated heterocycles. The third kappa shape index (κ3) is 4.91. The number of allylic oxidation sites excluding steroid dienone is 1. The Morgan fingerprint density at radius 2 is 0.984 bits per heavy atom. The highest BCUT2D eigenvalue weighted by molar-refractivity contribution is 6.15. The quantitative estimate of drug-likeness (QED) is 0.173. The van der Waals surface area contributed by atoms with Crippen LogP contribution in [0.2, 0.25) is 0 Å². The largest absolute Gasteiger partial charge is 0.460 e. The molecule has 61 heavy (non-hydrogen) atoms. The summed E-state index contributed by atoms with van der Waals surface area (Å²) in [5, 5.41) is 3.40. The molecule has 0 saturated carbocycles. The van der Waals surface area contributed by atoms with Crippen LogP contribution >= 0.6 is 0 Å². The number of benzene rings is 9. The highest BCUT2D eigenvalue weighted by Crippen LogP contribution is 2.63. The summed E-state index contributed by atoms with van der Waals surface area (Å²) in [5.74, 6) is 1.32. The van der Waals surface area contributed by atoms with Crippen LogP contribution in [0.1, 0.15) is 45.1 Å². The van der Waals surface area contributed by atoms with Crippen LogP contribution in [0.25, 0.3) is 61.2 Å². The van der Waals surface area contributed by atoms with E-state index in [0.29, 0.717) is 0 Å². The van der Waals surface area contributed by atoms with Crippen LogP contribution in [0, 0.1) is 0 Å². The maximum absolute atomic E-state index is 6.92. The van der Waals surface area contributed by atoms with Crippen molar-refractivity contribution >= 4 is 44.9 Å². The first-order valence-electron chi connectivity index (χ1n) is 21.4.